The van der Waals surface area contributed by atoms with Crippen molar-refractivity contribution in [1.29, 1.82) is 0 Å². The summed E-state index contributed by atoms with van der Waals surface area (Å²) in [6.45, 7) is 16.3. The number of rotatable bonds is 13. The first-order valence-corrected chi connectivity index (χ1v) is 10.4. The number of amides is 1. The molecular formula is C22H38N2O4. The Morgan fingerprint density at radius 3 is 2.21 bits per heavy atom. The third kappa shape index (κ3) is 7.76. The summed E-state index contributed by atoms with van der Waals surface area (Å²) in [5, 5.41) is 3.04. The second-order valence-electron chi connectivity index (χ2n) is 7.91. The van der Waals surface area contributed by atoms with Crippen LogP contribution in [0.3, 0.4) is 0 Å². The molecule has 1 aromatic heterocycles. The van der Waals surface area contributed by atoms with Crippen molar-refractivity contribution in [3.8, 4) is 5.88 Å². The average Bonchev–Trinajstić information content (AvgIpc) is 2.59. The molecule has 1 amide bonds. The zero-order valence-corrected chi connectivity index (χ0v) is 18.6. The highest BCUT2D eigenvalue weighted by Gasteiger charge is 2.40. The monoisotopic (exact) mass is 394 g/mol. The Balaban J connectivity index is 2.93. The average molecular weight is 395 g/mol. The van der Waals surface area contributed by atoms with Gasteiger partial charge in [0.2, 0.25) is 5.88 Å². The fourth-order valence-electron chi connectivity index (χ4n) is 3.38. The molecule has 0 atom stereocenters. The molecular weight excluding hydrogens is 356 g/mol. The molecule has 6 heteroatoms. The minimum Gasteiger partial charge on any atom is -0.475 e. The fraction of sp³-hybridized carbons (Fsp3) is 0.727. The molecule has 28 heavy (non-hydrogen) atoms. The number of hydrogen-bond donors (Lipinski definition) is 1. The lowest BCUT2D eigenvalue weighted by Crippen LogP contribution is -2.47. The zero-order valence-electron chi connectivity index (χ0n) is 18.6. The number of nitrogens with zero attached hydrogens (tertiary/aromatic N) is 1. The van der Waals surface area contributed by atoms with Gasteiger partial charge in [0.1, 0.15) is 12.2 Å². The maximum atomic E-state index is 13.3. The summed E-state index contributed by atoms with van der Waals surface area (Å²) in [6, 6.07) is 3.60. The van der Waals surface area contributed by atoms with Crippen LogP contribution in [0.2, 0.25) is 0 Å². The fourth-order valence-corrected chi connectivity index (χ4v) is 3.38. The molecule has 160 valence electrons. The summed E-state index contributed by atoms with van der Waals surface area (Å²) in [6.07, 6.45) is 1.35. The number of aromatic nitrogens is 1. The lowest BCUT2D eigenvalue weighted by Gasteiger charge is -2.35. The van der Waals surface area contributed by atoms with E-state index in [1.807, 2.05) is 26.8 Å². The third-order valence-corrected chi connectivity index (χ3v) is 4.30. The highest BCUT2D eigenvalue weighted by Crippen LogP contribution is 2.31. The molecule has 1 aromatic rings. The van der Waals surface area contributed by atoms with Gasteiger partial charge in [0.05, 0.1) is 18.0 Å². The molecule has 0 radical (unpaired) electrons. The number of anilines is 1. The van der Waals surface area contributed by atoms with Crippen LogP contribution in [0.1, 0.15) is 60.1 Å². The summed E-state index contributed by atoms with van der Waals surface area (Å²) in [4.78, 5) is 17.7. The van der Waals surface area contributed by atoms with Gasteiger partial charge in [-0.15, -0.1) is 0 Å². The van der Waals surface area contributed by atoms with Gasteiger partial charge < -0.3 is 19.5 Å². The Labute approximate surface area is 170 Å². The van der Waals surface area contributed by atoms with Crippen molar-refractivity contribution >= 4 is 11.6 Å². The highest BCUT2D eigenvalue weighted by molar-refractivity contribution is 5.97. The first-order valence-electron chi connectivity index (χ1n) is 10.4. The van der Waals surface area contributed by atoms with Crippen LogP contribution in [-0.2, 0) is 14.3 Å². The van der Waals surface area contributed by atoms with Crippen molar-refractivity contribution in [2.75, 3.05) is 31.7 Å². The van der Waals surface area contributed by atoms with Crippen LogP contribution in [0.25, 0.3) is 0 Å². The number of carbonyl (C=O) groups is 1. The Kier molecular flexibility index (Phi) is 10.5. The number of pyridine rings is 1. The van der Waals surface area contributed by atoms with E-state index < -0.39 is 5.60 Å². The van der Waals surface area contributed by atoms with Crippen LogP contribution < -0.4 is 10.1 Å². The number of carbonyl (C=O) groups excluding carboxylic acids is 1. The quantitative estimate of drug-likeness (QED) is 0.495. The molecule has 0 fully saturated rings. The van der Waals surface area contributed by atoms with Gasteiger partial charge in [-0.05, 0) is 51.5 Å². The number of hydrogen-bond acceptors (Lipinski definition) is 5. The van der Waals surface area contributed by atoms with E-state index in [-0.39, 0.29) is 5.91 Å². The number of nitrogens with one attached hydrogen (secondary N) is 1. The molecule has 0 aliphatic carbocycles. The van der Waals surface area contributed by atoms with E-state index in [1.54, 1.807) is 6.07 Å². The van der Waals surface area contributed by atoms with E-state index in [1.165, 1.54) is 0 Å². The standard InChI is InChI=1S/C22H38N2O4/c1-8-26-12-13-27-20-11-10-19(18(7)23-20)24-21(25)22(28-9-2,14-16(3)4)15-17(5)6/h10-11,16-17H,8-9,12-15H2,1-7H3,(H,24,25). The van der Waals surface area contributed by atoms with Crippen LogP contribution in [0.5, 0.6) is 5.88 Å². The highest BCUT2D eigenvalue weighted by atomic mass is 16.5. The third-order valence-electron chi connectivity index (χ3n) is 4.30. The first kappa shape index (κ1) is 24.4. The zero-order chi connectivity index (χ0) is 21.2. The lowest BCUT2D eigenvalue weighted by atomic mass is 9.83. The minimum atomic E-state index is -0.837. The maximum absolute atomic E-state index is 13.3. The molecule has 0 saturated carbocycles. The normalized spacial score (nSPS) is 11.9. The van der Waals surface area contributed by atoms with Crippen molar-refractivity contribution in [3.05, 3.63) is 17.8 Å². The molecule has 0 aliphatic heterocycles. The molecule has 6 nitrogen and oxygen atoms in total. The topological polar surface area (TPSA) is 69.7 Å². The van der Waals surface area contributed by atoms with E-state index in [2.05, 4.69) is 38.0 Å². The Morgan fingerprint density at radius 2 is 1.71 bits per heavy atom. The molecule has 1 rings (SSSR count). The lowest BCUT2D eigenvalue weighted by molar-refractivity contribution is -0.146. The summed E-state index contributed by atoms with van der Waals surface area (Å²) in [5.74, 6) is 1.11. The van der Waals surface area contributed by atoms with Gasteiger partial charge in [0.25, 0.3) is 5.91 Å². The number of aryl methyl sites for hydroxylation is 1. The van der Waals surface area contributed by atoms with E-state index in [9.17, 15) is 4.79 Å². The molecule has 0 saturated heterocycles. The van der Waals surface area contributed by atoms with Gasteiger partial charge in [0, 0.05) is 19.3 Å². The molecule has 0 spiro atoms. The van der Waals surface area contributed by atoms with Gasteiger partial charge in [-0.1, -0.05) is 27.7 Å². The summed E-state index contributed by atoms with van der Waals surface area (Å²) >= 11 is 0. The molecule has 1 N–H and O–H groups in total. The predicted octanol–water partition coefficient (Wildman–Crippen LogP) is 4.61. The van der Waals surface area contributed by atoms with Crippen molar-refractivity contribution in [1.82, 2.24) is 4.98 Å². The van der Waals surface area contributed by atoms with E-state index >= 15 is 0 Å². The van der Waals surface area contributed by atoms with Crippen molar-refractivity contribution in [3.63, 3.8) is 0 Å². The van der Waals surface area contributed by atoms with Crippen LogP contribution >= 0.6 is 0 Å². The molecule has 0 bridgehead atoms. The SMILES string of the molecule is CCOCCOc1ccc(NC(=O)C(CC(C)C)(CC(C)C)OCC)c(C)n1. The Hall–Kier alpha value is -1.66. The van der Waals surface area contributed by atoms with Gasteiger partial charge in [0.15, 0.2) is 0 Å². The van der Waals surface area contributed by atoms with Crippen molar-refractivity contribution in [2.45, 2.75) is 66.9 Å². The van der Waals surface area contributed by atoms with Crippen molar-refractivity contribution in [2.24, 2.45) is 11.8 Å². The summed E-state index contributed by atoms with van der Waals surface area (Å²) in [7, 11) is 0. The van der Waals surface area contributed by atoms with E-state index in [0.29, 0.717) is 68.4 Å². The van der Waals surface area contributed by atoms with Crippen molar-refractivity contribution < 1.29 is 19.0 Å². The minimum absolute atomic E-state index is 0.105. The van der Waals surface area contributed by atoms with E-state index in [4.69, 9.17) is 14.2 Å². The van der Waals surface area contributed by atoms with Crippen LogP contribution in [0.4, 0.5) is 5.69 Å². The number of ether oxygens (including phenoxy) is 3. The first-order chi connectivity index (χ1) is 13.2. The summed E-state index contributed by atoms with van der Waals surface area (Å²) in [5.41, 5.74) is 0.552. The molecule has 0 unspecified atom stereocenters. The van der Waals surface area contributed by atoms with Gasteiger partial charge >= 0.3 is 0 Å². The van der Waals surface area contributed by atoms with Crippen LogP contribution in [0, 0.1) is 18.8 Å². The molecule has 1 heterocycles. The van der Waals surface area contributed by atoms with Gasteiger partial charge in [-0.2, -0.15) is 0 Å². The van der Waals surface area contributed by atoms with Gasteiger partial charge in [-0.3, -0.25) is 4.79 Å². The van der Waals surface area contributed by atoms with E-state index in [0.717, 1.165) is 0 Å². The maximum Gasteiger partial charge on any atom is 0.256 e. The van der Waals surface area contributed by atoms with Crippen LogP contribution in [-0.4, -0.2) is 42.9 Å². The second kappa shape index (κ2) is 12.0. The molecule has 0 aliphatic rings. The second-order valence-corrected chi connectivity index (χ2v) is 7.91. The Morgan fingerprint density at radius 1 is 1.07 bits per heavy atom. The largest absolute Gasteiger partial charge is 0.475 e. The molecule has 0 aromatic carbocycles. The smallest absolute Gasteiger partial charge is 0.256 e. The summed E-state index contributed by atoms with van der Waals surface area (Å²) < 4.78 is 16.9. The van der Waals surface area contributed by atoms with Crippen LogP contribution in [0.15, 0.2) is 12.1 Å². The Bertz CT molecular complexity index is 592. The van der Waals surface area contributed by atoms with Gasteiger partial charge in [-0.25, -0.2) is 4.98 Å². The predicted molar refractivity (Wildman–Crippen MR) is 113 cm³/mol.